The zero-order valence-corrected chi connectivity index (χ0v) is 25.4. The standard InChI is InChI=1S/C32H42N4O8/c1-2-3-4-5-6-7-8-9-10-11-12-13-14-15-16-17-18-33-32(38)27-21-23(34(39)40)19-25-29(27)30-26(31(25)37)20-24(35(41)42)22-28(30)36(43)44/h19-22H,2-18H2,1H3,(H,33,38). The SMILES string of the molecule is CCCCCCCCCCCCCCCCCCNC(=O)c1cc([N+](=O)[O-])cc2c1-c1c(cc([N+](=O)[O-])cc1[N+](=O)[O-])C2=O. The van der Waals surface area contributed by atoms with E-state index < -0.39 is 43.5 Å². The molecule has 0 heterocycles. The fraction of sp³-hybridized carbons (Fsp3) is 0.562. The molecule has 0 bridgehead atoms. The van der Waals surface area contributed by atoms with Crippen molar-refractivity contribution in [3.63, 3.8) is 0 Å². The number of rotatable bonds is 21. The van der Waals surface area contributed by atoms with Crippen molar-refractivity contribution in [2.75, 3.05) is 6.54 Å². The Labute approximate surface area is 257 Å². The maximum absolute atomic E-state index is 13.2. The average molecular weight is 611 g/mol. The number of unbranched alkanes of at least 4 members (excludes halogenated alkanes) is 15. The number of nitro groups is 3. The molecule has 12 nitrogen and oxygen atoms in total. The van der Waals surface area contributed by atoms with Gasteiger partial charge in [-0.05, 0) is 6.42 Å². The van der Waals surface area contributed by atoms with Crippen LogP contribution in [0.4, 0.5) is 17.1 Å². The van der Waals surface area contributed by atoms with Crippen molar-refractivity contribution in [1.29, 1.82) is 0 Å². The minimum absolute atomic E-state index is 0.123. The Hall–Kier alpha value is -4.22. The van der Waals surface area contributed by atoms with E-state index in [1.54, 1.807) is 0 Å². The molecular weight excluding hydrogens is 568 g/mol. The van der Waals surface area contributed by atoms with E-state index >= 15 is 0 Å². The van der Waals surface area contributed by atoms with Crippen LogP contribution in [0.1, 0.15) is 136 Å². The number of carbonyl (C=O) groups excluding carboxylic acids is 2. The third-order valence-electron chi connectivity index (χ3n) is 8.14. The summed E-state index contributed by atoms with van der Waals surface area (Å²) >= 11 is 0. The molecule has 12 heteroatoms. The molecule has 2 aromatic rings. The first kappa shape index (κ1) is 34.3. The highest BCUT2D eigenvalue weighted by molar-refractivity contribution is 6.26. The Morgan fingerprint density at radius 2 is 1.05 bits per heavy atom. The van der Waals surface area contributed by atoms with E-state index in [1.165, 1.54) is 77.0 Å². The number of non-ortho nitro benzene ring substituents is 2. The minimum Gasteiger partial charge on any atom is -0.352 e. The topological polar surface area (TPSA) is 176 Å². The number of nitrogens with zero attached hydrogens (tertiary/aromatic N) is 3. The van der Waals surface area contributed by atoms with Crippen LogP contribution < -0.4 is 5.32 Å². The summed E-state index contributed by atoms with van der Waals surface area (Å²) in [7, 11) is 0. The molecule has 1 aliphatic rings. The first-order valence-corrected chi connectivity index (χ1v) is 15.8. The van der Waals surface area contributed by atoms with Gasteiger partial charge in [0.1, 0.15) is 0 Å². The van der Waals surface area contributed by atoms with Crippen molar-refractivity contribution >= 4 is 28.8 Å². The molecule has 2 aromatic carbocycles. The van der Waals surface area contributed by atoms with Crippen LogP contribution in [-0.2, 0) is 0 Å². The van der Waals surface area contributed by atoms with E-state index in [0.717, 1.165) is 43.5 Å². The Bertz CT molecular complexity index is 1370. The first-order valence-electron chi connectivity index (χ1n) is 15.8. The monoisotopic (exact) mass is 610 g/mol. The van der Waals surface area contributed by atoms with Gasteiger partial charge in [-0.1, -0.05) is 103 Å². The molecule has 0 aromatic heterocycles. The second kappa shape index (κ2) is 17.2. The minimum atomic E-state index is -0.867. The van der Waals surface area contributed by atoms with Gasteiger partial charge in [-0.2, -0.15) is 0 Å². The van der Waals surface area contributed by atoms with Gasteiger partial charge >= 0.3 is 0 Å². The van der Waals surface area contributed by atoms with Gasteiger partial charge in [0, 0.05) is 41.4 Å². The lowest BCUT2D eigenvalue weighted by atomic mass is 9.96. The summed E-state index contributed by atoms with van der Waals surface area (Å²) in [5, 5.41) is 37.4. The lowest BCUT2D eigenvalue weighted by Gasteiger charge is -2.10. The van der Waals surface area contributed by atoms with Crippen molar-refractivity contribution < 1.29 is 24.4 Å². The third kappa shape index (κ3) is 9.14. The van der Waals surface area contributed by atoms with Gasteiger partial charge in [0.15, 0.2) is 5.78 Å². The van der Waals surface area contributed by atoms with Crippen LogP contribution in [-0.4, -0.2) is 33.0 Å². The number of nitrogens with one attached hydrogen (secondary N) is 1. The summed E-state index contributed by atoms with van der Waals surface area (Å²) in [6, 6.07) is 3.55. The van der Waals surface area contributed by atoms with Crippen LogP contribution in [0, 0.1) is 30.3 Å². The Morgan fingerprint density at radius 1 is 0.614 bits per heavy atom. The van der Waals surface area contributed by atoms with Gasteiger partial charge in [0.2, 0.25) is 0 Å². The van der Waals surface area contributed by atoms with E-state index in [0.29, 0.717) is 6.42 Å². The van der Waals surface area contributed by atoms with Gasteiger partial charge in [0.25, 0.3) is 23.0 Å². The van der Waals surface area contributed by atoms with Crippen molar-refractivity contribution in [3.8, 4) is 11.1 Å². The van der Waals surface area contributed by atoms with E-state index in [2.05, 4.69) is 12.2 Å². The van der Waals surface area contributed by atoms with Crippen molar-refractivity contribution in [2.45, 2.75) is 110 Å². The number of carbonyl (C=O) groups is 2. The molecule has 0 unspecified atom stereocenters. The van der Waals surface area contributed by atoms with Crippen LogP contribution in [0.25, 0.3) is 11.1 Å². The first-order chi connectivity index (χ1) is 21.2. The number of ketones is 1. The number of fused-ring (bicyclic) bond motifs is 3. The number of benzene rings is 2. The highest BCUT2D eigenvalue weighted by atomic mass is 16.6. The predicted octanol–water partition coefficient (Wildman–Crippen LogP) is 8.61. The maximum Gasteiger partial charge on any atom is 0.284 e. The average Bonchev–Trinajstić information content (AvgIpc) is 3.28. The van der Waals surface area contributed by atoms with Crippen molar-refractivity contribution in [1.82, 2.24) is 5.32 Å². The summed E-state index contributed by atoms with van der Waals surface area (Å²) < 4.78 is 0. The molecule has 0 aliphatic heterocycles. The molecule has 238 valence electrons. The molecule has 1 N–H and O–H groups in total. The van der Waals surface area contributed by atoms with E-state index in [9.17, 15) is 39.9 Å². The van der Waals surface area contributed by atoms with Crippen LogP contribution >= 0.6 is 0 Å². The van der Waals surface area contributed by atoms with Gasteiger partial charge in [-0.15, -0.1) is 0 Å². The molecular formula is C32H42N4O8. The summed E-state index contributed by atoms with van der Waals surface area (Å²) in [4.78, 5) is 58.5. The molecule has 44 heavy (non-hydrogen) atoms. The van der Waals surface area contributed by atoms with Gasteiger partial charge in [-0.3, -0.25) is 39.9 Å². The molecule has 0 spiro atoms. The Morgan fingerprint density at radius 3 is 1.50 bits per heavy atom. The Balaban J connectivity index is 1.49. The molecule has 1 amide bonds. The molecule has 0 fully saturated rings. The lowest BCUT2D eigenvalue weighted by molar-refractivity contribution is -0.393. The van der Waals surface area contributed by atoms with Crippen molar-refractivity contribution in [2.24, 2.45) is 0 Å². The van der Waals surface area contributed by atoms with Gasteiger partial charge in [-0.25, -0.2) is 0 Å². The zero-order valence-electron chi connectivity index (χ0n) is 25.4. The van der Waals surface area contributed by atoms with Crippen molar-refractivity contribution in [3.05, 3.63) is 71.3 Å². The zero-order chi connectivity index (χ0) is 32.1. The number of nitro benzene ring substituents is 3. The van der Waals surface area contributed by atoms with E-state index in [1.807, 2.05) is 0 Å². The number of hydrogen-bond acceptors (Lipinski definition) is 8. The molecule has 3 rings (SSSR count). The predicted molar refractivity (Wildman–Crippen MR) is 167 cm³/mol. The van der Waals surface area contributed by atoms with Crippen LogP contribution in [0.3, 0.4) is 0 Å². The largest absolute Gasteiger partial charge is 0.352 e. The molecule has 0 radical (unpaired) electrons. The highest BCUT2D eigenvalue weighted by Crippen LogP contribution is 2.47. The smallest absolute Gasteiger partial charge is 0.284 e. The van der Waals surface area contributed by atoms with Crippen LogP contribution in [0.5, 0.6) is 0 Å². The third-order valence-corrected chi connectivity index (χ3v) is 8.14. The number of amides is 1. The molecule has 0 saturated carbocycles. The van der Waals surface area contributed by atoms with E-state index in [4.69, 9.17) is 0 Å². The second-order valence-corrected chi connectivity index (χ2v) is 11.5. The number of hydrogen-bond donors (Lipinski definition) is 1. The second-order valence-electron chi connectivity index (χ2n) is 11.5. The normalized spacial score (nSPS) is 11.7. The maximum atomic E-state index is 13.2. The summed E-state index contributed by atoms with van der Waals surface area (Å²) in [5.41, 5.74) is -3.16. The fourth-order valence-electron chi connectivity index (χ4n) is 5.78. The quantitative estimate of drug-likeness (QED) is 0.0708. The Kier molecular flexibility index (Phi) is 13.4. The van der Waals surface area contributed by atoms with Gasteiger partial charge in [0.05, 0.1) is 32.0 Å². The fourth-order valence-corrected chi connectivity index (χ4v) is 5.78. The van der Waals surface area contributed by atoms with Crippen LogP contribution in [0.15, 0.2) is 24.3 Å². The van der Waals surface area contributed by atoms with Gasteiger partial charge < -0.3 is 5.32 Å². The molecule has 1 aliphatic carbocycles. The lowest BCUT2D eigenvalue weighted by Crippen LogP contribution is -2.25. The molecule has 0 atom stereocenters. The summed E-state index contributed by atoms with van der Waals surface area (Å²) in [6.07, 6.45) is 19.4. The summed E-state index contributed by atoms with van der Waals surface area (Å²) in [5.74, 6) is -1.56. The highest BCUT2D eigenvalue weighted by Gasteiger charge is 2.40. The summed E-state index contributed by atoms with van der Waals surface area (Å²) in [6.45, 7) is 2.53. The molecule has 0 saturated heterocycles. The van der Waals surface area contributed by atoms with E-state index in [-0.39, 0.29) is 34.4 Å². The van der Waals surface area contributed by atoms with Crippen LogP contribution in [0.2, 0.25) is 0 Å².